The lowest BCUT2D eigenvalue weighted by Crippen LogP contribution is -2.42. The summed E-state index contributed by atoms with van der Waals surface area (Å²) in [4.78, 5) is 42.9. The second-order valence-corrected chi connectivity index (χ2v) is 8.12. The average molecular weight is 459 g/mol. The fourth-order valence-corrected chi connectivity index (χ4v) is 3.56. The highest BCUT2D eigenvalue weighted by Crippen LogP contribution is 2.17. The van der Waals surface area contributed by atoms with Crippen molar-refractivity contribution >= 4 is 34.2 Å². The summed E-state index contributed by atoms with van der Waals surface area (Å²) in [5, 5.41) is 7.41. The lowest BCUT2D eigenvalue weighted by molar-refractivity contribution is -0.120. The number of aromatic nitrogens is 1. The molecule has 0 saturated carbocycles. The number of furan rings is 1. The van der Waals surface area contributed by atoms with Gasteiger partial charge in [-0.25, -0.2) is 9.37 Å². The quantitative estimate of drug-likeness (QED) is 0.512. The van der Waals surface area contributed by atoms with E-state index in [-0.39, 0.29) is 37.4 Å². The van der Waals surface area contributed by atoms with Crippen LogP contribution in [0, 0.1) is 5.82 Å². The molecule has 0 aliphatic heterocycles. The van der Waals surface area contributed by atoms with E-state index in [1.165, 1.54) is 46.8 Å². The van der Waals surface area contributed by atoms with Crippen LogP contribution >= 0.6 is 11.3 Å². The predicted octanol–water partition coefficient (Wildman–Crippen LogP) is 3.22. The van der Waals surface area contributed by atoms with Crippen LogP contribution in [0.4, 0.5) is 9.52 Å². The highest BCUT2D eigenvalue weighted by molar-refractivity contribution is 7.13. The van der Waals surface area contributed by atoms with E-state index in [0.717, 1.165) is 0 Å². The lowest BCUT2D eigenvalue weighted by atomic mass is 10.1. The fraction of sp³-hybridized carbons (Fsp3) is 0.273. The van der Waals surface area contributed by atoms with E-state index in [2.05, 4.69) is 15.6 Å². The Morgan fingerprint density at radius 3 is 2.56 bits per heavy atom. The largest absolute Gasteiger partial charge is 0.467 e. The predicted molar refractivity (Wildman–Crippen MR) is 118 cm³/mol. The number of carbonyl (C=O) groups excluding carboxylic acids is 3. The second kappa shape index (κ2) is 10.7. The first-order valence-corrected chi connectivity index (χ1v) is 10.8. The molecule has 2 N–H and O–H groups in total. The monoisotopic (exact) mass is 458 g/mol. The molecule has 0 spiro atoms. The first-order valence-electron chi connectivity index (χ1n) is 9.91. The van der Waals surface area contributed by atoms with Gasteiger partial charge >= 0.3 is 0 Å². The Kier molecular flexibility index (Phi) is 7.72. The number of anilines is 1. The maximum absolute atomic E-state index is 13.1. The van der Waals surface area contributed by atoms with Crippen molar-refractivity contribution in [3.63, 3.8) is 0 Å². The molecule has 2 heterocycles. The third-order valence-corrected chi connectivity index (χ3v) is 5.28. The SMILES string of the molecule is CC(C)N(CC(=O)Nc1nc(CC(=O)NCc2ccco2)cs1)C(=O)c1ccc(F)cc1. The summed E-state index contributed by atoms with van der Waals surface area (Å²) in [6, 6.07) is 8.43. The molecule has 0 atom stereocenters. The highest BCUT2D eigenvalue weighted by atomic mass is 32.1. The molecule has 0 saturated heterocycles. The van der Waals surface area contributed by atoms with Gasteiger partial charge in [-0.05, 0) is 50.2 Å². The number of halogens is 1. The average Bonchev–Trinajstić information content (AvgIpc) is 3.42. The van der Waals surface area contributed by atoms with Crippen LogP contribution in [-0.4, -0.2) is 40.2 Å². The molecule has 3 aromatic rings. The fourth-order valence-electron chi connectivity index (χ4n) is 2.83. The summed E-state index contributed by atoms with van der Waals surface area (Å²) in [6.07, 6.45) is 1.60. The van der Waals surface area contributed by atoms with Crippen LogP contribution < -0.4 is 10.6 Å². The first kappa shape index (κ1) is 23.1. The van der Waals surface area contributed by atoms with Gasteiger partial charge in [0.05, 0.1) is 24.9 Å². The zero-order valence-corrected chi connectivity index (χ0v) is 18.4. The summed E-state index contributed by atoms with van der Waals surface area (Å²) >= 11 is 1.19. The third-order valence-electron chi connectivity index (χ3n) is 4.47. The molecule has 8 nitrogen and oxygen atoms in total. The molecule has 168 valence electrons. The van der Waals surface area contributed by atoms with E-state index in [1.54, 1.807) is 31.4 Å². The minimum Gasteiger partial charge on any atom is -0.467 e. The number of nitrogens with one attached hydrogen (secondary N) is 2. The normalized spacial score (nSPS) is 10.8. The van der Waals surface area contributed by atoms with Crippen LogP contribution in [0.15, 0.2) is 52.5 Å². The maximum atomic E-state index is 13.1. The zero-order chi connectivity index (χ0) is 23.1. The van der Waals surface area contributed by atoms with Crippen molar-refractivity contribution in [1.82, 2.24) is 15.2 Å². The number of amides is 3. The van der Waals surface area contributed by atoms with Gasteiger partial charge in [-0.3, -0.25) is 14.4 Å². The number of rotatable bonds is 9. The Bertz CT molecular complexity index is 1060. The Hall–Kier alpha value is -3.53. The number of hydrogen-bond acceptors (Lipinski definition) is 6. The van der Waals surface area contributed by atoms with Crippen molar-refractivity contribution in [2.75, 3.05) is 11.9 Å². The van der Waals surface area contributed by atoms with E-state index in [4.69, 9.17) is 4.42 Å². The van der Waals surface area contributed by atoms with Crippen molar-refractivity contribution < 1.29 is 23.2 Å². The number of nitrogens with zero attached hydrogens (tertiary/aromatic N) is 2. The van der Waals surface area contributed by atoms with Crippen molar-refractivity contribution in [2.24, 2.45) is 0 Å². The highest BCUT2D eigenvalue weighted by Gasteiger charge is 2.22. The van der Waals surface area contributed by atoms with Gasteiger partial charge in [0, 0.05) is 17.0 Å². The van der Waals surface area contributed by atoms with Crippen molar-refractivity contribution in [2.45, 2.75) is 32.9 Å². The Morgan fingerprint density at radius 1 is 1.16 bits per heavy atom. The first-order chi connectivity index (χ1) is 15.3. The molecule has 0 aliphatic carbocycles. The van der Waals surface area contributed by atoms with Crippen molar-refractivity contribution in [3.05, 3.63) is 70.9 Å². The molecule has 32 heavy (non-hydrogen) atoms. The second-order valence-electron chi connectivity index (χ2n) is 7.26. The van der Waals surface area contributed by atoms with Gasteiger partial charge in [0.25, 0.3) is 5.91 Å². The third kappa shape index (κ3) is 6.48. The van der Waals surface area contributed by atoms with E-state index < -0.39 is 11.7 Å². The van der Waals surface area contributed by atoms with Gasteiger partial charge in [-0.15, -0.1) is 11.3 Å². The number of benzene rings is 1. The van der Waals surface area contributed by atoms with Gasteiger partial charge < -0.3 is 20.0 Å². The smallest absolute Gasteiger partial charge is 0.254 e. The summed E-state index contributed by atoms with van der Waals surface area (Å²) in [5.41, 5.74) is 0.815. The Labute approximate surface area is 188 Å². The van der Waals surface area contributed by atoms with Crippen molar-refractivity contribution in [1.29, 1.82) is 0 Å². The van der Waals surface area contributed by atoms with Crippen LogP contribution in [0.25, 0.3) is 0 Å². The topological polar surface area (TPSA) is 105 Å². The molecular weight excluding hydrogens is 435 g/mol. The van der Waals surface area contributed by atoms with Crippen LogP contribution in [0.3, 0.4) is 0 Å². The Morgan fingerprint density at radius 2 is 1.91 bits per heavy atom. The standard InChI is InChI=1S/C22H23FN4O4S/c1-14(2)27(21(30)15-5-7-16(23)8-6-15)12-20(29)26-22-25-17(13-32-22)10-19(28)24-11-18-4-3-9-31-18/h3-9,13-14H,10-12H2,1-2H3,(H,24,28)(H,25,26,29). The number of carbonyl (C=O) groups is 3. The van der Waals surface area contributed by atoms with Gasteiger partial charge in [0.1, 0.15) is 18.1 Å². The molecule has 1 aromatic carbocycles. The molecule has 0 aliphatic rings. The van der Waals surface area contributed by atoms with Gasteiger partial charge in [-0.2, -0.15) is 0 Å². The number of hydrogen-bond donors (Lipinski definition) is 2. The lowest BCUT2D eigenvalue weighted by Gasteiger charge is -2.26. The molecule has 3 amide bonds. The molecular formula is C22H23FN4O4S. The Balaban J connectivity index is 1.53. The van der Waals surface area contributed by atoms with Crippen LogP contribution in [0.2, 0.25) is 0 Å². The molecule has 10 heteroatoms. The van der Waals surface area contributed by atoms with Crippen LogP contribution in [0.5, 0.6) is 0 Å². The minimum atomic E-state index is -0.440. The van der Waals surface area contributed by atoms with E-state index >= 15 is 0 Å². The maximum Gasteiger partial charge on any atom is 0.254 e. The van der Waals surface area contributed by atoms with Crippen LogP contribution in [0.1, 0.15) is 35.7 Å². The molecule has 0 unspecified atom stereocenters. The minimum absolute atomic E-state index is 0.0637. The number of thiazole rings is 1. The van der Waals surface area contributed by atoms with E-state index in [0.29, 0.717) is 22.1 Å². The summed E-state index contributed by atoms with van der Waals surface area (Å²) in [7, 11) is 0. The van der Waals surface area contributed by atoms with Crippen LogP contribution in [-0.2, 0) is 22.6 Å². The van der Waals surface area contributed by atoms with Gasteiger partial charge in [0.2, 0.25) is 11.8 Å². The van der Waals surface area contributed by atoms with E-state index in [9.17, 15) is 18.8 Å². The molecule has 0 fully saturated rings. The summed E-state index contributed by atoms with van der Waals surface area (Å²) in [6.45, 7) is 3.67. The molecule has 0 bridgehead atoms. The molecule has 2 aromatic heterocycles. The molecule has 0 radical (unpaired) electrons. The van der Waals surface area contributed by atoms with Gasteiger partial charge in [0.15, 0.2) is 5.13 Å². The summed E-state index contributed by atoms with van der Waals surface area (Å²) < 4.78 is 18.3. The molecule has 3 rings (SSSR count). The summed E-state index contributed by atoms with van der Waals surface area (Å²) in [5.74, 6) is -0.805. The van der Waals surface area contributed by atoms with Gasteiger partial charge in [-0.1, -0.05) is 0 Å². The van der Waals surface area contributed by atoms with Crippen molar-refractivity contribution in [3.8, 4) is 0 Å². The zero-order valence-electron chi connectivity index (χ0n) is 17.6. The van der Waals surface area contributed by atoms with E-state index in [1.807, 2.05) is 0 Å².